The molecule has 0 aliphatic carbocycles. The monoisotopic (exact) mass is 288 g/mol. The Morgan fingerprint density at radius 3 is 2.55 bits per heavy atom. The summed E-state index contributed by atoms with van der Waals surface area (Å²) in [5.41, 5.74) is 0.979. The number of nitrogens with one attached hydrogen (secondary N) is 1. The lowest BCUT2D eigenvalue weighted by atomic mass is 10.2. The predicted molar refractivity (Wildman–Crippen MR) is 64.7 cm³/mol. The molecule has 1 N–H and O–H groups in total. The number of hydrogen-bond acceptors (Lipinski definition) is 4. The molecule has 0 radical (unpaired) electrons. The van der Waals surface area contributed by atoms with Crippen LogP contribution in [-0.4, -0.2) is 14.9 Å². The molecule has 5 nitrogen and oxygen atoms in total. The van der Waals surface area contributed by atoms with Gasteiger partial charge in [-0.15, -0.1) is 0 Å². The number of hydrogen-bond donors (Lipinski definition) is 1. The van der Waals surface area contributed by atoms with Gasteiger partial charge in [0.05, 0.1) is 23.1 Å². The van der Waals surface area contributed by atoms with Crippen LogP contribution in [0.5, 0.6) is 0 Å². The Morgan fingerprint density at radius 2 is 2.00 bits per heavy atom. The highest BCUT2D eigenvalue weighted by Gasteiger charge is 2.35. The Morgan fingerprint density at radius 1 is 1.30 bits per heavy atom. The molecule has 0 bridgehead atoms. The molecule has 0 spiro atoms. The van der Waals surface area contributed by atoms with E-state index in [1.54, 1.807) is 13.8 Å². The van der Waals surface area contributed by atoms with E-state index in [-0.39, 0.29) is 12.2 Å². The summed E-state index contributed by atoms with van der Waals surface area (Å²) in [7, 11) is 1.49. The first-order valence-corrected chi connectivity index (χ1v) is 6.01. The summed E-state index contributed by atoms with van der Waals surface area (Å²) >= 11 is 0. The van der Waals surface area contributed by atoms with Crippen LogP contribution in [0.15, 0.2) is 10.7 Å². The lowest BCUT2D eigenvalue weighted by Crippen LogP contribution is -2.19. The minimum Gasteiger partial charge on any atom is -0.361 e. The number of aromatic nitrogens is 3. The van der Waals surface area contributed by atoms with E-state index in [1.165, 1.54) is 11.7 Å². The molecular formula is C12H15F3N4O. The molecule has 0 saturated heterocycles. The Kier molecular flexibility index (Phi) is 3.85. The predicted octanol–water partition coefficient (Wildman–Crippen LogP) is 2.33. The second-order valence-corrected chi connectivity index (χ2v) is 4.53. The van der Waals surface area contributed by atoms with E-state index < -0.39 is 11.7 Å². The van der Waals surface area contributed by atoms with Gasteiger partial charge in [-0.2, -0.15) is 18.3 Å². The van der Waals surface area contributed by atoms with Crippen molar-refractivity contribution >= 4 is 0 Å². The van der Waals surface area contributed by atoms with E-state index >= 15 is 0 Å². The molecule has 0 saturated carbocycles. The van der Waals surface area contributed by atoms with Gasteiger partial charge in [-0.3, -0.25) is 4.68 Å². The van der Waals surface area contributed by atoms with E-state index in [2.05, 4.69) is 15.6 Å². The van der Waals surface area contributed by atoms with Crippen LogP contribution < -0.4 is 5.32 Å². The molecule has 110 valence electrons. The Balaban J connectivity index is 2.07. The maximum absolute atomic E-state index is 12.8. The average molecular weight is 288 g/mol. The van der Waals surface area contributed by atoms with Crippen molar-refractivity contribution in [2.45, 2.75) is 33.1 Å². The number of halogens is 3. The minimum atomic E-state index is -4.39. The maximum atomic E-state index is 12.8. The topological polar surface area (TPSA) is 55.9 Å². The quantitative estimate of drug-likeness (QED) is 0.938. The molecule has 0 atom stereocenters. The van der Waals surface area contributed by atoms with Crippen LogP contribution in [0, 0.1) is 13.8 Å². The smallest absolute Gasteiger partial charge is 0.361 e. The van der Waals surface area contributed by atoms with Crippen LogP contribution >= 0.6 is 0 Å². The van der Waals surface area contributed by atoms with Crippen LogP contribution in [0.1, 0.15) is 28.3 Å². The van der Waals surface area contributed by atoms with Crippen LogP contribution in [0.3, 0.4) is 0 Å². The highest BCUT2D eigenvalue weighted by molar-refractivity contribution is 5.23. The van der Waals surface area contributed by atoms with Gasteiger partial charge in [-0.1, -0.05) is 5.16 Å². The molecule has 2 aromatic rings. The molecule has 0 aromatic carbocycles. The Hall–Kier alpha value is -1.83. The fraction of sp³-hybridized carbons (Fsp3) is 0.500. The van der Waals surface area contributed by atoms with Crippen molar-refractivity contribution in [1.82, 2.24) is 20.3 Å². The number of nitrogens with zero attached hydrogens (tertiary/aromatic N) is 3. The van der Waals surface area contributed by atoms with Gasteiger partial charge < -0.3 is 9.84 Å². The number of rotatable bonds is 4. The summed E-state index contributed by atoms with van der Waals surface area (Å²) in [6, 6.07) is 0. The van der Waals surface area contributed by atoms with Crippen LogP contribution in [0.25, 0.3) is 0 Å². The Bertz CT molecular complexity index is 581. The molecule has 8 heteroatoms. The molecule has 0 aliphatic rings. The van der Waals surface area contributed by atoms with Gasteiger partial charge in [0.1, 0.15) is 5.76 Å². The third-order valence-electron chi connectivity index (χ3n) is 3.14. The summed E-state index contributed by atoms with van der Waals surface area (Å²) in [5, 5.41) is 10.4. The van der Waals surface area contributed by atoms with Crippen LogP contribution in [-0.2, 0) is 26.3 Å². The molecule has 0 amide bonds. The van der Waals surface area contributed by atoms with Crippen molar-refractivity contribution in [3.8, 4) is 0 Å². The highest BCUT2D eigenvalue weighted by Crippen LogP contribution is 2.31. The molecule has 2 rings (SSSR count). The van der Waals surface area contributed by atoms with E-state index in [4.69, 9.17) is 4.52 Å². The summed E-state index contributed by atoms with van der Waals surface area (Å²) in [6.45, 7) is 4.01. The van der Waals surface area contributed by atoms with E-state index in [9.17, 15) is 13.2 Å². The largest absolute Gasteiger partial charge is 0.419 e. The van der Waals surface area contributed by atoms with Gasteiger partial charge in [0.25, 0.3) is 0 Å². The standard InChI is InChI=1S/C12H15F3N4O/c1-7-9(8(2)20-18-7)4-16-6-11-10(12(13,14)15)5-17-19(11)3/h5,16H,4,6H2,1-3H3. The normalized spacial score (nSPS) is 12.1. The molecular weight excluding hydrogens is 273 g/mol. The Labute approximate surface area is 113 Å². The van der Waals surface area contributed by atoms with Gasteiger partial charge in [0, 0.05) is 25.7 Å². The molecule has 0 unspecified atom stereocenters. The second kappa shape index (κ2) is 5.28. The van der Waals surface area contributed by atoms with Crippen molar-refractivity contribution < 1.29 is 17.7 Å². The van der Waals surface area contributed by atoms with Crippen molar-refractivity contribution in [3.05, 3.63) is 34.5 Å². The number of alkyl halides is 3. The van der Waals surface area contributed by atoms with Crippen LogP contribution in [0.2, 0.25) is 0 Å². The minimum absolute atomic E-state index is 0.0649. The van der Waals surface area contributed by atoms with Crippen molar-refractivity contribution in [2.24, 2.45) is 7.05 Å². The SMILES string of the molecule is Cc1noc(C)c1CNCc1c(C(F)(F)F)cnn1C. The van der Waals surface area contributed by atoms with Crippen molar-refractivity contribution in [1.29, 1.82) is 0 Å². The fourth-order valence-corrected chi connectivity index (χ4v) is 1.97. The summed E-state index contributed by atoms with van der Waals surface area (Å²) in [4.78, 5) is 0. The lowest BCUT2D eigenvalue weighted by molar-refractivity contribution is -0.138. The molecule has 0 aliphatic heterocycles. The van der Waals surface area contributed by atoms with E-state index in [1.807, 2.05) is 0 Å². The number of aryl methyl sites for hydroxylation is 3. The zero-order valence-electron chi connectivity index (χ0n) is 11.4. The van der Waals surface area contributed by atoms with Crippen molar-refractivity contribution in [3.63, 3.8) is 0 Å². The molecule has 2 heterocycles. The van der Waals surface area contributed by atoms with Gasteiger partial charge in [0.15, 0.2) is 0 Å². The maximum Gasteiger partial charge on any atom is 0.419 e. The first-order chi connectivity index (χ1) is 9.30. The summed E-state index contributed by atoms with van der Waals surface area (Å²) in [5.74, 6) is 0.663. The van der Waals surface area contributed by atoms with Gasteiger partial charge in [-0.25, -0.2) is 0 Å². The first kappa shape index (κ1) is 14.6. The van der Waals surface area contributed by atoms with Gasteiger partial charge in [0.2, 0.25) is 0 Å². The average Bonchev–Trinajstić information content (AvgIpc) is 2.86. The summed E-state index contributed by atoms with van der Waals surface area (Å²) in [6.07, 6.45) is -3.55. The lowest BCUT2D eigenvalue weighted by Gasteiger charge is -2.10. The molecule has 0 fully saturated rings. The molecule has 2 aromatic heterocycles. The molecule has 20 heavy (non-hydrogen) atoms. The van der Waals surface area contributed by atoms with Gasteiger partial charge >= 0.3 is 6.18 Å². The van der Waals surface area contributed by atoms with Crippen LogP contribution in [0.4, 0.5) is 13.2 Å². The zero-order chi connectivity index (χ0) is 14.9. The second-order valence-electron chi connectivity index (χ2n) is 4.53. The van der Waals surface area contributed by atoms with E-state index in [0.717, 1.165) is 17.5 Å². The van der Waals surface area contributed by atoms with Gasteiger partial charge in [-0.05, 0) is 13.8 Å². The fourth-order valence-electron chi connectivity index (χ4n) is 1.97. The highest BCUT2D eigenvalue weighted by atomic mass is 19.4. The zero-order valence-corrected chi connectivity index (χ0v) is 11.4. The first-order valence-electron chi connectivity index (χ1n) is 6.01. The van der Waals surface area contributed by atoms with E-state index in [0.29, 0.717) is 12.3 Å². The van der Waals surface area contributed by atoms with Crippen molar-refractivity contribution in [2.75, 3.05) is 0 Å². The third-order valence-corrected chi connectivity index (χ3v) is 3.14. The summed E-state index contributed by atoms with van der Waals surface area (Å²) < 4.78 is 44.6. The third kappa shape index (κ3) is 2.84.